The number of hydrogen-bond donors (Lipinski definition) is 2. The van der Waals surface area contributed by atoms with E-state index in [1.165, 1.54) is 16.7 Å². The fourth-order valence-corrected chi connectivity index (χ4v) is 4.44. The third-order valence-corrected chi connectivity index (χ3v) is 6.49. The van der Waals surface area contributed by atoms with Crippen LogP contribution in [0.3, 0.4) is 0 Å². The van der Waals surface area contributed by atoms with Crippen molar-refractivity contribution in [2.45, 2.75) is 65.3 Å². The minimum atomic E-state index is -0.171. The Hall–Kier alpha value is -2.08. The minimum Gasteiger partial charge on any atom is -0.496 e. The number of nitrogens with zero attached hydrogens (tertiary/aromatic N) is 1. The number of amides is 1. The summed E-state index contributed by atoms with van der Waals surface area (Å²) in [7, 11) is 1.70. The summed E-state index contributed by atoms with van der Waals surface area (Å²) in [5.74, 6) is 1.00. The lowest BCUT2D eigenvalue weighted by atomic mass is 10.0. The van der Waals surface area contributed by atoms with Crippen LogP contribution in [0.1, 0.15) is 42.5 Å². The Bertz CT molecular complexity index is 916. The summed E-state index contributed by atoms with van der Waals surface area (Å²) < 4.78 is 5.43. The van der Waals surface area contributed by atoms with Crippen molar-refractivity contribution in [3.63, 3.8) is 0 Å². The zero-order chi connectivity index (χ0) is 22.5. The maximum Gasteiger partial charge on any atom is 0.237 e. The summed E-state index contributed by atoms with van der Waals surface area (Å²) in [5, 5.41) is 7.50. The van der Waals surface area contributed by atoms with E-state index in [4.69, 9.17) is 16.3 Å². The van der Waals surface area contributed by atoms with Crippen molar-refractivity contribution in [3.05, 3.63) is 63.7 Å². The number of halogens is 1. The van der Waals surface area contributed by atoms with Crippen LogP contribution in [-0.4, -0.2) is 42.6 Å². The van der Waals surface area contributed by atoms with Crippen LogP contribution in [0.2, 0.25) is 5.02 Å². The maximum absolute atomic E-state index is 12.9. The molecule has 2 aromatic rings. The van der Waals surface area contributed by atoms with Gasteiger partial charge in [0.15, 0.2) is 0 Å². The van der Waals surface area contributed by atoms with Gasteiger partial charge < -0.3 is 15.4 Å². The highest BCUT2D eigenvalue weighted by Crippen LogP contribution is 2.26. The lowest BCUT2D eigenvalue weighted by Gasteiger charge is -2.24. The number of benzene rings is 2. The van der Waals surface area contributed by atoms with Gasteiger partial charge >= 0.3 is 0 Å². The summed E-state index contributed by atoms with van der Waals surface area (Å²) in [6, 6.07) is 12.2. The Morgan fingerprint density at radius 1 is 1.16 bits per heavy atom. The highest BCUT2D eigenvalue weighted by Gasteiger charge is 2.36. The molecule has 2 N–H and O–H groups in total. The third-order valence-electron chi connectivity index (χ3n) is 6.12. The molecule has 0 bridgehead atoms. The molecule has 31 heavy (non-hydrogen) atoms. The molecule has 1 heterocycles. The van der Waals surface area contributed by atoms with Crippen molar-refractivity contribution >= 4 is 17.5 Å². The molecule has 1 aliphatic heterocycles. The van der Waals surface area contributed by atoms with Gasteiger partial charge in [-0.25, -0.2) is 0 Å². The van der Waals surface area contributed by atoms with E-state index >= 15 is 0 Å². The molecule has 3 rings (SSSR count). The van der Waals surface area contributed by atoms with Crippen LogP contribution in [0.15, 0.2) is 36.4 Å². The first-order chi connectivity index (χ1) is 14.8. The Labute approximate surface area is 191 Å². The standard InChI is InChI=1S/C25H34ClN3O2/c1-16(2)28-25(30)23-12-21(15-29(23)14-20-8-6-7-9-22(20)26)27-13-19-10-11-24(31-5)18(4)17(19)3/h6-11,16,21,23,27H,12-15H2,1-5H3,(H,28,30)/t21-,23-/m0/s1. The van der Waals surface area contributed by atoms with E-state index in [-0.39, 0.29) is 24.0 Å². The predicted molar refractivity (Wildman–Crippen MR) is 127 cm³/mol. The number of carbonyl (C=O) groups excluding carboxylic acids is 1. The second kappa shape index (κ2) is 10.5. The van der Waals surface area contributed by atoms with Gasteiger partial charge in [0.1, 0.15) is 5.75 Å². The second-order valence-electron chi connectivity index (χ2n) is 8.69. The number of likely N-dealkylation sites (tertiary alicyclic amines) is 1. The molecule has 5 nitrogen and oxygen atoms in total. The smallest absolute Gasteiger partial charge is 0.237 e. The molecule has 0 aromatic heterocycles. The first kappa shape index (κ1) is 23.6. The second-order valence-corrected chi connectivity index (χ2v) is 9.10. The van der Waals surface area contributed by atoms with Crippen LogP contribution in [0, 0.1) is 13.8 Å². The molecule has 1 fully saturated rings. The van der Waals surface area contributed by atoms with Gasteiger partial charge in [0, 0.05) is 36.7 Å². The molecule has 1 aliphatic rings. The molecular weight excluding hydrogens is 410 g/mol. The molecule has 168 valence electrons. The first-order valence-corrected chi connectivity index (χ1v) is 11.3. The number of carbonyl (C=O) groups is 1. The number of methoxy groups -OCH3 is 1. The van der Waals surface area contributed by atoms with Gasteiger partial charge in [0.05, 0.1) is 13.2 Å². The van der Waals surface area contributed by atoms with E-state index in [9.17, 15) is 4.79 Å². The Morgan fingerprint density at radius 3 is 2.58 bits per heavy atom. The van der Waals surface area contributed by atoms with Gasteiger partial charge in [-0.15, -0.1) is 0 Å². The van der Waals surface area contributed by atoms with Crippen LogP contribution < -0.4 is 15.4 Å². The maximum atomic E-state index is 12.9. The highest BCUT2D eigenvalue weighted by atomic mass is 35.5. The largest absolute Gasteiger partial charge is 0.496 e. The van der Waals surface area contributed by atoms with Crippen molar-refractivity contribution in [2.75, 3.05) is 13.7 Å². The summed E-state index contributed by atoms with van der Waals surface area (Å²) in [4.78, 5) is 15.1. The molecule has 6 heteroatoms. The topological polar surface area (TPSA) is 53.6 Å². The number of nitrogens with one attached hydrogen (secondary N) is 2. The number of rotatable bonds is 8. The Balaban J connectivity index is 1.71. The normalized spacial score (nSPS) is 19.1. The first-order valence-electron chi connectivity index (χ1n) is 10.9. The zero-order valence-electron chi connectivity index (χ0n) is 19.2. The summed E-state index contributed by atoms with van der Waals surface area (Å²) >= 11 is 6.40. The molecular formula is C25H34ClN3O2. The van der Waals surface area contributed by atoms with Crippen molar-refractivity contribution in [1.29, 1.82) is 0 Å². The predicted octanol–water partition coefficient (Wildman–Crippen LogP) is 4.22. The molecule has 1 amide bonds. The average Bonchev–Trinajstić information content (AvgIpc) is 3.13. The zero-order valence-corrected chi connectivity index (χ0v) is 19.9. The van der Waals surface area contributed by atoms with Crippen molar-refractivity contribution in [2.24, 2.45) is 0 Å². The number of hydrogen-bond acceptors (Lipinski definition) is 4. The lowest BCUT2D eigenvalue weighted by molar-refractivity contribution is -0.126. The van der Waals surface area contributed by atoms with E-state index in [0.29, 0.717) is 6.54 Å². The van der Waals surface area contributed by atoms with Crippen LogP contribution in [0.25, 0.3) is 0 Å². The summed E-state index contributed by atoms with van der Waals surface area (Å²) in [6.07, 6.45) is 0.775. The van der Waals surface area contributed by atoms with Crippen molar-refractivity contribution in [3.8, 4) is 5.75 Å². The van der Waals surface area contributed by atoms with E-state index in [2.05, 4.69) is 35.4 Å². The van der Waals surface area contributed by atoms with Crippen LogP contribution in [-0.2, 0) is 17.9 Å². The van der Waals surface area contributed by atoms with Crippen molar-refractivity contribution < 1.29 is 9.53 Å². The van der Waals surface area contributed by atoms with E-state index < -0.39 is 0 Å². The average molecular weight is 444 g/mol. The molecule has 0 spiro atoms. The molecule has 0 aliphatic carbocycles. The fourth-order valence-electron chi connectivity index (χ4n) is 4.24. The number of ether oxygens (including phenoxy) is 1. The third kappa shape index (κ3) is 5.79. The van der Waals surface area contributed by atoms with Crippen LogP contribution in [0.4, 0.5) is 0 Å². The van der Waals surface area contributed by atoms with E-state index in [0.717, 1.165) is 35.8 Å². The molecule has 2 atom stereocenters. The Kier molecular flexibility index (Phi) is 7.98. The fraction of sp³-hybridized carbons (Fsp3) is 0.480. The monoisotopic (exact) mass is 443 g/mol. The summed E-state index contributed by atoms with van der Waals surface area (Å²) in [6.45, 7) is 10.4. The quantitative estimate of drug-likeness (QED) is 0.641. The van der Waals surface area contributed by atoms with Crippen molar-refractivity contribution in [1.82, 2.24) is 15.5 Å². The van der Waals surface area contributed by atoms with E-state index in [1.807, 2.05) is 44.2 Å². The van der Waals surface area contributed by atoms with E-state index in [1.54, 1.807) is 7.11 Å². The van der Waals surface area contributed by atoms with Crippen LogP contribution >= 0.6 is 11.6 Å². The van der Waals surface area contributed by atoms with Gasteiger partial charge in [-0.05, 0) is 68.5 Å². The van der Waals surface area contributed by atoms with Crippen LogP contribution in [0.5, 0.6) is 5.75 Å². The Morgan fingerprint density at radius 2 is 1.90 bits per heavy atom. The van der Waals surface area contributed by atoms with Gasteiger partial charge in [0.25, 0.3) is 0 Å². The summed E-state index contributed by atoms with van der Waals surface area (Å²) in [5.41, 5.74) is 4.72. The van der Waals surface area contributed by atoms with Gasteiger partial charge in [-0.3, -0.25) is 9.69 Å². The lowest BCUT2D eigenvalue weighted by Crippen LogP contribution is -2.45. The molecule has 0 unspecified atom stereocenters. The van der Waals surface area contributed by atoms with Gasteiger partial charge in [0.2, 0.25) is 5.91 Å². The molecule has 0 saturated carbocycles. The van der Waals surface area contributed by atoms with Gasteiger partial charge in [-0.2, -0.15) is 0 Å². The van der Waals surface area contributed by atoms with Gasteiger partial charge in [-0.1, -0.05) is 35.9 Å². The highest BCUT2D eigenvalue weighted by molar-refractivity contribution is 6.31. The molecule has 2 aromatic carbocycles. The molecule has 1 saturated heterocycles. The molecule has 0 radical (unpaired) electrons. The minimum absolute atomic E-state index is 0.0860. The SMILES string of the molecule is COc1ccc(CN[C@H]2C[C@@H](C(=O)NC(C)C)N(Cc3ccccc3Cl)C2)c(C)c1C.